The van der Waals surface area contributed by atoms with Crippen molar-refractivity contribution in [2.75, 3.05) is 20.1 Å². The summed E-state index contributed by atoms with van der Waals surface area (Å²) in [4.78, 5) is 19.2. The lowest BCUT2D eigenvalue weighted by atomic mass is 9.93. The zero-order valence-corrected chi connectivity index (χ0v) is 15.1. The summed E-state index contributed by atoms with van der Waals surface area (Å²) in [6.45, 7) is 2.78. The molecule has 0 radical (unpaired) electrons. The van der Waals surface area contributed by atoms with Crippen molar-refractivity contribution in [1.29, 1.82) is 0 Å². The molecule has 6 nitrogen and oxygen atoms in total. The van der Waals surface area contributed by atoms with Crippen molar-refractivity contribution >= 4 is 5.91 Å². The van der Waals surface area contributed by atoms with Crippen LogP contribution in [0.4, 0.5) is 0 Å². The molecule has 0 aliphatic carbocycles. The van der Waals surface area contributed by atoms with Crippen LogP contribution in [0.5, 0.6) is 0 Å². The smallest absolute Gasteiger partial charge is 0.220 e. The second kappa shape index (κ2) is 8.25. The van der Waals surface area contributed by atoms with Crippen LogP contribution in [0.1, 0.15) is 42.3 Å². The van der Waals surface area contributed by atoms with Gasteiger partial charge in [-0.05, 0) is 57.6 Å². The highest BCUT2D eigenvalue weighted by Gasteiger charge is 2.19. The first-order chi connectivity index (χ1) is 12.1. The number of rotatable bonds is 6. The van der Waals surface area contributed by atoms with E-state index in [1.807, 2.05) is 19.2 Å². The van der Waals surface area contributed by atoms with Gasteiger partial charge in [0.2, 0.25) is 5.91 Å². The van der Waals surface area contributed by atoms with Crippen LogP contribution in [0.2, 0.25) is 0 Å². The second-order valence-electron chi connectivity index (χ2n) is 6.85. The molecular formula is C19H27N5O. The number of aryl methyl sites for hydroxylation is 2. The average molecular weight is 341 g/mol. The Hall–Kier alpha value is -2.21. The number of amides is 1. The van der Waals surface area contributed by atoms with Crippen LogP contribution in [0.15, 0.2) is 30.5 Å². The SMILES string of the molecule is CN1CCC(c2cccc(CCC(=O)NCc3ccnn3C)n2)CC1. The third-order valence-corrected chi connectivity index (χ3v) is 4.96. The molecule has 1 aliphatic heterocycles. The molecule has 2 aromatic rings. The van der Waals surface area contributed by atoms with Gasteiger partial charge in [-0.2, -0.15) is 5.10 Å². The third kappa shape index (κ3) is 4.89. The van der Waals surface area contributed by atoms with Crippen LogP contribution < -0.4 is 5.32 Å². The fourth-order valence-corrected chi connectivity index (χ4v) is 3.26. The third-order valence-electron chi connectivity index (χ3n) is 4.96. The van der Waals surface area contributed by atoms with Crippen LogP contribution in [0.3, 0.4) is 0 Å². The zero-order valence-electron chi connectivity index (χ0n) is 15.1. The highest BCUT2D eigenvalue weighted by molar-refractivity contribution is 5.76. The highest BCUT2D eigenvalue weighted by Crippen LogP contribution is 2.26. The Labute approximate surface area is 149 Å². The number of carbonyl (C=O) groups excluding carboxylic acids is 1. The second-order valence-corrected chi connectivity index (χ2v) is 6.85. The fourth-order valence-electron chi connectivity index (χ4n) is 3.26. The van der Waals surface area contributed by atoms with Crippen molar-refractivity contribution in [3.8, 4) is 0 Å². The lowest BCUT2D eigenvalue weighted by molar-refractivity contribution is -0.121. The first-order valence-corrected chi connectivity index (χ1v) is 9.00. The van der Waals surface area contributed by atoms with Crippen molar-refractivity contribution in [3.05, 3.63) is 47.5 Å². The summed E-state index contributed by atoms with van der Waals surface area (Å²) in [5, 5.41) is 7.05. The predicted octanol–water partition coefficient (Wildman–Crippen LogP) is 1.87. The molecule has 1 amide bonds. The van der Waals surface area contributed by atoms with Gasteiger partial charge in [0.25, 0.3) is 0 Å². The van der Waals surface area contributed by atoms with Gasteiger partial charge < -0.3 is 10.2 Å². The molecule has 0 atom stereocenters. The molecule has 3 rings (SSSR count). The minimum absolute atomic E-state index is 0.0488. The van der Waals surface area contributed by atoms with Gasteiger partial charge in [-0.15, -0.1) is 0 Å². The van der Waals surface area contributed by atoms with Crippen LogP contribution in [0, 0.1) is 0 Å². The zero-order chi connectivity index (χ0) is 17.6. The summed E-state index contributed by atoms with van der Waals surface area (Å²) in [5.74, 6) is 0.600. The molecule has 0 saturated carbocycles. The van der Waals surface area contributed by atoms with Crippen molar-refractivity contribution in [2.45, 2.75) is 38.1 Å². The van der Waals surface area contributed by atoms with Gasteiger partial charge in [0.1, 0.15) is 0 Å². The van der Waals surface area contributed by atoms with E-state index in [1.54, 1.807) is 10.9 Å². The molecule has 0 aromatic carbocycles. The Balaban J connectivity index is 1.48. The Morgan fingerprint density at radius 2 is 2.04 bits per heavy atom. The van der Waals surface area contributed by atoms with Gasteiger partial charge in [-0.3, -0.25) is 14.5 Å². The van der Waals surface area contributed by atoms with E-state index in [2.05, 4.69) is 34.5 Å². The molecule has 0 unspecified atom stereocenters. The number of piperidine rings is 1. The summed E-state index contributed by atoms with van der Waals surface area (Å²) in [6.07, 6.45) is 5.20. The van der Waals surface area contributed by atoms with E-state index in [0.29, 0.717) is 25.3 Å². The van der Waals surface area contributed by atoms with Crippen molar-refractivity contribution < 1.29 is 4.79 Å². The lowest BCUT2D eigenvalue weighted by Crippen LogP contribution is -2.29. The molecule has 1 N–H and O–H groups in total. The first-order valence-electron chi connectivity index (χ1n) is 9.00. The van der Waals surface area contributed by atoms with Crippen molar-refractivity contribution in [3.63, 3.8) is 0 Å². The van der Waals surface area contributed by atoms with Crippen LogP contribution >= 0.6 is 0 Å². The maximum absolute atomic E-state index is 12.1. The van der Waals surface area contributed by atoms with E-state index < -0.39 is 0 Å². The molecule has 6 heteroatoms. The predicted molar refractivity (Wildman–Crippen MR) is 97.1 cm³/mol. The number of nitrogens with one attached hydrogen (secondary N) is 1. The standard InChI is InChI=1S/C19H27N5O/c1-23-12-9-15(10-13-23)18-5-3-4-16(22-18)6-7-19(25)20-14-17-8-11-21-24(17)2/h3-5,8,11,15H,6-7,9-10,12-14H2,1-2H3,(H,20,25). The Kier molecular flexibility index (Phi) is 5.81. The molecule has 0 bridgehead atoms. The van der Waals surface area contributed by atoms with Gasteiger partial charge in [0.15, 0.2) is 0 Å². The van der Waals surface area contributed by atoms with Crippen LogP contribution in [0.25, 0.3) is 0 Å². The number of pyridine rings is 1. The first kappa shape index (κ1) is 17.6. The Morgan fingerprint density at radius 1 is 1.24 bits per heavy atom. The van der Waals surface area contributed by atoms with Gasteiger partial charge in [0.05, 0.1) is 12.2 Å². The number of carbonyl (C=O) groups is 1. The molecule has 134 valence electrons. The van der Waals surface area contributed by atoms with Crippen molar-refractivity contribution in [2.24, 2.45) is 7.05 Å². The minimum atomic E-state index is 0.0488. The topological polar surface area (TPSA) is 63.1 Å². The Bertz CT molecular complexity index is 703. The summed E-state index contributed by atoms with van der Waals surface area (Å²) < 4.78 is 1.77. The number of hydrogen-bond donors (Lipinski definition) is 1. The van der Waals surface area contributed by atoms with E-state index in [1.165, 1.54) is 5.69 Å². The molecule has 1 saturated heterocycles. The fraction of sp³-hybridized carbons (Fsp3) is 0.526. The van der Waals surface area contributed by atoms with E-state index in [9.17, 15) is 4.79 Å². The quantitative estimate of drug-likeness (QED) is 0.871. The average Bonchev–Trinajstić information content (AvgIpc) is 3.04. The van der Waals surface area contributed by atoms with Gasteiger partial charge >= 0.3 is 0 Å². The highest BCUT2D eigenvalue weighted by atomic mass is 16.1. The molecular weight excluding hydrogens is 314 g/mol. The summed E-state index contributed by atoms with van der Waals surface area (Å²) >= 11 is 0. The molecule has 0 spiro atoms. The maximum Gasteiger partial charge on any atom is 0.220 e. The van der Waals surface area contributed by atoms with E-state index in [-0.39, 0.29) is 5.91 Å². The van der Waals surface area contributed by atoms with Gasteiger partial charge in [0, 0.05) is 37.0 Å². The summed E-state index contributed by atoms with van der Waals surface area (Å²) in [7, 11) is 4.05. The molecule has 2 aromatic heterocycles. The van der Waals surface area contributed by atoms with Crippen LogP contribution in [-0.4, -0.2) is 45.7 Å². The van der Waals surface area contributed by atoms with E-state index >= 15 is 0 Å². The number of nitrogens with zero attached hydrogens (tertiary/aromatic N) is 4. The molecule has 1 fully saturated rings. The number of hydrogen-bond acceptors (Lipinski definition) is 4. The molecule has 25 heavy (non-hydrogen) atoms. The normalized spacial score (nSPS) is 16.1. The summed E-state index contributed by atoms with van der Waals surface area (Å²) in [5.41, 5.74) is 3.18. The lowest BCUT2D eigenvalue weighted by Gasteiger charge is -2.28. The minimum Gasteiger partial charge on any atom is -0.350 e. The van der Waals surface area contributed by atoms with Crippen molar-refractivity contribution in [1.82, 2.24) is 25.0 Å². The monoisotopic (exact) mass is 341 g/mol. The van der Waals surface area contributed by atoms with E-state index in [0.717, 1.165) is 37.3 Å². The van der Waals surface area contributed by atoms with E-state index in [4.69, 9.17) is 4.98 Å². The Morgan fingerprint density at radius 3 is 2.76 bits per heavy atom. The van der Waals surface area contributed by atoms with Gasteiger partial charge in [-0.25, -0.2) is 0 Å². The molecule has 1 aliphatic rings. The summed E-state index contributed by atoms with van der Waals surface area (Å²) in [6, 6.07) is 8.13. The molecule has 3 heterocycles. The number of likely N-dealkylation sites (tertiary alicyclic amines) is 1. The number of aromatic nitrogens is 3. The van der Waals surface area contributed by atoms with Crippen LogP contribution in [-0.2, 0) is 24.8 Å². The largest absolute Gasteiger partial charge is 0.350 e. The maximum atomic E-state index is 12.1. The van der Waals surface area contributed by atoms with Gasteiger partial charge in [-0.1, -0.05) is 6.07 Å².